The summed E-state index contributed by atoms with van der Waals surface area (Å²) in [6.45, 7) is 1.68. The van der Waals surface area contributed by atoms with Crippen LogP contribution in [-0.2, 0) is 0 Å². The second-order valence-electron chi connectivity index (χ2n) is 4.04. The summed E-state index contributed by atoms with van der Waals surface area (Å²) in [4.78, 5) is 0. The Morgan fingerprint density at radius 2 is 1.84 bits per heavy atom. The fraction of sp³-hybridized carbons (Fsp3) is 0.143. The molecular formula is C14H11BrClFO2. The minimum Gasteiger partial charge on any atom is -0.457 e. The number of hydrogen-bond acceptors (Lipinski definition) is 2. The molecule has 2 aromatic carbocycles. The molecule has 5 heteroatoms. The lowest BCUT2D eigenvalue weighted by Crippen LogP contribution is -1.93. The molecule has 2 rings (SSSR count). The highest BCUT2D eigenvalue weighted by atomic mass is 79.9. The lowest BCUT2D eigenvalue weighted by atomic mass is 10.1. The monoisotopic (exact) mass is 344 g/mol. The van der Waals surface area contributed by atoms with Crippen molar-refractivity contribution >= 4 is 27.5 Å². The largest absolute Gasteiger partial charge is 0.457 e. The van der Waals surface area contributed by atoms with E-state index in [2.05, 4.69) is 15.9 Å². The van der Waals surface area contributed by atoms with Crippen molar-refractivity contribution in [3.8, 4) is 11.5 Å². The van der Waals surface area contributed by atoms with E-state index >= 15 is 0 Å². The van der Waals surface area contributed by atoms with Crippen molar-refractivity contribution in [1.82, 2.24) is 0 Å². The fourth-order valence-corrected chi connectivity index (χ4v) is 2.45. The quantitative estimate of drug-likeness (QED) is 0.840. The Bertz CT molecular complexity index is 602. The highest BCUT2D eigenvalue weighted by molar-refractivity contribution is 9.10. The summed E-state index contributed by atoms with van der Waals surface area (Å²) in [6.07, 6.45) is -0.566. The Morgan fingerprint density at radius 3 is 2.42 bits per heavy atom. The molecule has 0 aliphatic rings. The molecule has 0 amide bonds. The van der Waals surface area contributed by atoms with Crippen LogP contribution in [0.25, 0.3) is 0 Å². The first-order valence-corrected chi connectivity index (χ1v) is 6.75. The Morgan fingerprint density at radius 1 is 1.21 bits per heavy atom. The molecule has 0 heterocycles. The SMILES string of the molecule is C[C@@H](O)c1ccc(Oc2ccc(F)c(Cl)c2)cc1Br. The highest BCUT2D eigenvalue weighted by Crippen LogP contribution is 2.31. The number of halogens is 3. The maximum absolute atomic E-state index is 13.0. The van der Waals surface area contributed by atoms with Crippen molar-refractivity contribution in [3.05, 3.63) is 57.3 Å². The lowest BCUT2D eigenvalue weighted by molar-refractivity contribution is 0.198. The summed E-state index contributed by atoms with van der Waals surface area (Å²) in [6, 6.07) is 9.38. The van der Waals surface area contributed by atoms with Crippen LogP contribution < -0.4 is 4.74 Å². The van der Waals surface area contributed by atoms with Crippen molar-refractivity contribution in [2.24, 2.45) is 0 Å². The molecule has 0 spiro atoms. The van der Waals surface area contributed by atoms with E-state index in [1.807, 2.05) is 0 Å². The molecule has 19 heavy (non-hydrogen) atoms. The van der Waals surface area contributed by atoms with Gasteiger partial charge in [0, 0.05) is 10.5 Å². The van der Waals surface area contributed by atoms with Gasteiger partial charge >= 0.3 is 0 Å². The minimum absolute atomic E-state index is 0.0113. The Kier molecular flexibility index (Phi) is 4.45. The smallest absolute Gasteiger partial charge is 0.142 e. The second-order valence-corrected chi connectivity index (χ2v) is 5.30. The number of benzene rings is 2. The second kappa shape index (κ2) is 5.90. The van der Waals surface area contributed by atoms with E-state index in [4.69, 9.17) is 16.3 Å². The van der Waals surface area contributed by atoms with E-state index in [1.54, 1.807) is 25.1 Å². The maximum Gasteiger partial charge on any atom is 0.142 e. The van der Waals surface area contributed by atoms with Gasteiger partial charge in [-0.15, -0.1) is 0 Å². The lowest BCUT2D eigenvalue weighted by Gasteiger charge is -2.11. The van der Waals surface area contributed by atoms with Crippen molar-refractivity contribution < 1.29 is 14.2 Å². The van der Waals surface area contributed by atoms with Crippen LogP contribution in [0, 0.1) is 5.82 Å². The zero-order valence-electron chi connectivity index (χ0n) is 10.0. The van der Waals surface area contributed by atoms with Crippen LogP contribution in [-0.4, -0.2) is 5.11 Å². The molecule has 0 aromatic heterocycles. The van der Waals surface area contributed by atoms with Gasteiger partial charge in [0.15, 0.2) is 0 Å². The predicted molar refractivity (Wildman–Crippen MR) is 76.3 cm³/mol. The van der Waals surface area contributed by atoms with Gasteiger partial charge in [-0.25, -0.2) is 4.39 Å². The normalized spacial score (nSPS) is 12.3. The van der Waals surface area contributed by atoms with Crippen LogP contribution in [0.5, 0.6) is 11.5 Å². The van der Waals surface area contributed by atoms with E-state index in [1.165, 1.54) is 18.2 Å². The molecule has 2 nitrogen and oxygen atoms in total. The molecule has 1 atom stereocenters. The van der Waals surface area contributed by atoms with Crippen LogP contribution in [0.1, 0.15) is 18.6 Å². The van der Waals surface area contributed by atoms with E-state index < -0.39 is 11.9 Å². The third kappa shape index (κ3) is 3.47. The molecule has 0 bridgehead atoms. The zero-order chi connectivity index (χ0) is 14.0. The summed E-state index contributed by atoms with van der Waals surface area (Å²) in [5, 5.41) is 9.53. The first-order valence-electron chi connectivity index (χ1n) is 5.58. The van der Waals surface area contributed by atoms with Crippen molar-refractivity contribution in [3.63, 3.8) is 0 Å². The molecule has 0 saturated carbocycles. The molecule has 0 saturated heterocycles. The van der Waals surface area contributed by atoms with Gasteiger partial charge in [-0.05, 0) is 36.8 Å². The number of aliphatic hydroxyl groups is 1. The first-order chi connectivity index (χ1) is 8.97. The number of aliphatic hydroxyl groups excluding tert-OH is 1. The summed E-state index contributed by atoms with van der Waals surface area (Å²) >= 11 is 9.04. The molecule has 100 valence electrons. The zero-order valence-corrected chi connectivity index (χ0v) is 12.4. The van der Waals surface area contributed by atoms with Crippen LogP contribution >= 0.6 is 27.5 Å². The number of hydrogen-bond donors (Lipinski definition) is 1. The van der Waals surface area contributed by atoms with Crippen molar-refractivity contribution in [2.75, 3.05) is 0 Å². The average Bonchev–Trinajstić information content (AvgIpc) is 2.33. The van der Waals surface area contributed by atoms with Gasteiger partial charge in [-0.2, -0.15) is 0 Å². The third-order valence-electron chi connectivity index (χ3n) is 2.55. The van der Waals surface area contributed by atoms with Crippen LogP contribution in [0.15, 0.2) is 40.9 Å². The Labute approximate surface area is 123 Å². The van der Waals surface area contributed by atoms with Crippen molar-refractivity contribution in [1.29, 1.82) is 0 Å². The van der Waals surface area contributed by atoms with E-state index in [9.17, 15) is 9.50 Å². The molecule has 1 N–H and O–H groups in total. The molecule has 0 fully saturated rings. The number of ether oxygens (including phenoxy) is 1. The van der Waals surface area contributed by atoms with E-state index in [0.717, 1.165) is 10.0 Å². The van der Waals surface area contributed by atoms with E-state index in [0.29, 0.717) is 11.5 Å². The summed E-state index contributed by atoms with van der Waals surface area (Å²) < 4.78 is 19.3. The molecule has 0 aliphatic heterocycles. The van der Waals surface area contributed by atoms with Crippen molar-refractivity contribution in [2.45, 2.75) is 13.0 Å². The standard InChI is InChI=1S/C14H11BrClFO2/c1-8(18)11-4-2-9(6-12(11)15)19-10-3-5-14(17)13(16)7-10/h2-8,18H,1H3/t8-/m1/s1. The third-order valence-corrected chi connectivity index (χ3v) is 3.53. The average molecular weight is 346 g/mol. The molecule has 0 unspecified atom stereocenters. The van der Waals surface area contributed by atoms with E-state index in [-0.39, 0.29) is 5.02 Å². The summed E-state index contributed by atoms with van der Waals surface area (Å²) in [7, 11) is 0. The highest BCUT2D eigenvalue weighted by Gasteiger charge is 2.08. The topological polar surface area (TPSA) is 29.5 Å². The predicted octanol–water partition coefficient (Wildman–Crippen LogP) is 5.09. The van der Waals surface area contributed by atoms with Crippen LogP contribution in [0.4, 0.5) is 4.39 Å². The van der Waals surface area contributed by atoms with Gasteiger partial charge in [0.2, 0.25) is 0 Å². The molecule has 0 radical (unpaired) electrons. The van der Waals surface area contributed by atoms with Crippen LogP contribution in [0.2, 0.25) is 5.02 Å². The van der Waals surface area contributed by atoms with Gasteiger partial charge in [0.05, 0.1) is 11.1 Å². The number of rotatable bonds is 3. The summed E-state index contributed by atoms with van der Waals surface area (Å²) in [5.41, 5.74) is 0.768. The first kappa shape index (κ1) is 14.3. The summed E-state index contributed by atoms with van der Waals surface area (Å²) in [5.74, 6) is 0.529. The van der Waals surface area contributed by atoms with Gasteiger partial charge in [0.1, 0.15) is 17.3 Å². The van der Waals surface area contributed by atoms with Gasteiger partial charge in [-0.1, -0.05) is 33.6 Å². The Hall–Kier alpha value is -1.10. The molecule has 0 aliphatic carbocycles. The van der Waals surface area contributed by atoms with Gasteiger partial charge in [0.25, 0.3) is 0 Å². The molecule has 2 aromatic rings. The Balaban J connectivity index is 2.24. The minimum atomic E-state index is -0.566. The molecular weight excluding hydrogens is 335 g/mol. The van der Waals surface area contributed by atoms with Crippen LogP contribution in [0.3, 0.4) is 0 Å². The van der Waals surface area contributed by atoms with Gasteiger partial charge in [-0.3, -0.25) is 0 Å². The fourth-order valence-electron chi connectivity index (χ4n) is 1.59. The van der Waals surface area contributed by atoms with Gasteiger partial charge < -0.3 is 9.84 Å². The maximum atomic E-state index is 13.0.